The minimum atomic E-state index is -6.17. The number of aliphatic hydroxyl groups excluding tert-OH is 2. The largest absolute Gasteiger partial charge is 0.509 e. The number of nitrogens with two attached hydrogens (primary N) is 2. The van der Waals surface area contributed by atoms with Gasteiger partial charge < -0.3 is 60.0 Å². The lowest BCUT2D eigenvalue weighted by molar-refractivity contribution is -0.746. The van der Waals surface area contributed by atoms with Gasteiger partial charge in [0.05, 0.1) is 37.1 Å². The lowest BCUT2D eigenvalue weighted by Gasteiger charge is -2.31. The van der Waals surface area contributed by atoms with E-state index in [4.69, 9.17) is 39.7 Å². The van der Waals surface area contributed by atoms with E-state index in [0.717, 1.165) is 18.0 Å². The number of methoxy groups -OCH3 is 1. The van der Waals surface area contributed by atoms with E-state index in [1.807, 2.05) is 0 Å². The van der Waals surface area contributed by atoms with E-state index in [9.17, 15) is 63.1 Å². The van der Waals surface area contributed by atoms with Crippen molar-refractivity contribution in [1.82, 2.24) is 34.1 Å². The van der Waals surface area contributed by atoms with Crippen LogP contribution in [0.2, 0.25) is 0 Å². The fourth-order valence-corrected chi connectivity index (χ4v) is 11.1. The topological polar surface area (TPSA) is 466 Å². The summed E-state index contributed by atoms with van der Waals surface area (Å²) < 4.78 is 89.2. The zero-order valence-electron chi connectivity index (χ0n) is 36.9. The van der Waals surface area contributed by atoms with E-state index < -0.39 is 119 Å². The number of phosphoric acid groups is 3. The molecule has 2 aliphatic rings. The average Bonchev–Trinajstić information content (AvgIpc) is 3.99. The second-order valence-corrected chi connectivity index (χ2v) is 21.2. The summed E-state index contributed by atoms with van der Waals surface area (Å²) in [5.41, 5.74) is 8.06. The van der Waals surface area contributed by atoms with E-state index >= 15 is 0 Å². The molecule has 0 radical (unpaired) electrons. The van der Waals surface area contributed by atoms with Crippen molar-refractivity contribution >= 4 is 69.5 Å². The lowest BCUT2D eigenvalue weighted by Crippen LogP contribution is -2.48. The second-order valence-electron chi connectivity index (χ2n) is 16.5. The number of nitrogens with zero attached hydrogens (tertiary/aromatic N) is 7. The first-order valence-electron chi connectivity index (χ1n) is 20.1. The van der Waals surface area contributed by atoms with Crippen LogP contribution in [0.15, 0.2) is 46.5 Å². The Labute approximate surface area is 390 Å². The highest BCUT2D eigenvalue weighted by Gasteiger charge is 2.54. The molecule has 0 spiro atoms. The van der Waals surface area contributed by atoms with Crippen LogP contribution in [0.4, 0.5) is 22.4 Å². The Bertz CT molecular complexity index is 3090. The SMILES string of the molecule is COC1[C@@H](OC(=O)OC(c2ccccc2[N+](=O)[O-])C(C)(C)C)[C@@H](COP(=O)(O)OP(=O)(O)OP(=O)(O)OC[C@H]2O[C@@H](n3cnc4c(=O)[nH]c(N)nc43)C(O)[C@H]2O)O[C@H]1[n+]1cn(C)c2c(=O)[nH]c(N)nc21. The third-order valence-corrected chi connectivity index (χ3v) is 14.8. The van der Waals surface area contributed by atoms with Crippen molar-refractivity contribution in [3.8, 4) is 0 Å². The number of aromatic nitrogens is 8. The van der Waals surface area contributed by atoms with Crippen molar-refractivity contribution in [2.45, 2.75) is 76.0 Å². The fraction of sp³-hybridized carbons (Fsp3) is 0.500. The molecule has 33 nitrogen and oxygen atoms in total. The number of nitrogens with one attached hydrogen (secondary N) is 2. The molecule has 2 fully saturated rings. The van der Waals surface area contributed by atoms with Gasteiger partial charge in [0.25, 0.3) is 22.8 Å². The summed E-state index contributed by atoms with van der Waals surface area (Å²) in [5.74, 6) is -0.655. The Kier molecular flexibility index (Phi) is 14.6. The van der Waals surface area contributed by atoms with Crippen molar-refractivity contribution in [3.05, 3.63) is 73.3 Å². The molecule has 0 aliphatic carbocycles. The molecule has 1 aromatic carbocycles. The highest BCUT2D eigenvalue weighted by molar-refractivity contribution is 7.66. The minimum absolute atomic E-state index is 0.00660. The van der Waals surface area contributed by atoms with Gasteiger partial charge in [-0.05, 0) is 6.07 Å². The molecular formula is C34H45N11O22P3+. The molecule has 2 aliphatic heterocycles. The predicted molar refractivity (Wildman–Crippen MR) is 229 cm³/mol. The summed E-state index contributed by atoms with van der Waals surface area (Å²) in [7, 11) is -15.3. The highest BCUT2D eigenvalue weighted by Crippen LogP contribution is 2.68. The van der Waals surface area contributed by atoms with Crippen LogP contribution in [-0.2, 0) is 62.1 Å². The Balaban J connectivity index is 1.06. The number of aromatic amines is 2. The molecule has 70 heavy (non-hydrogen) atoms. The molecule has 382 valence electrons. The van der Waals surface area contributed by atoms with E-state index in [0.29, 0.717) is 0 Å². The number of imidazole rings is 2. The van der Waals surface area contributed by atoms with Crippen molar-refractivity contribution in [2.75, 3.05) is 31.8 Å². The number of anilines is 2. The Morgan fingerprint density at radius 3 is 2.19 bits per heavy atom. The predicted octanol–water partition coefficient (Wildman–Crippen LogP) is -0.0367. The number of aliphatic hydroxyl groups is 2. The van der Waals surface area contributed by atoms with Crippen LogP contribution in [0.5, 0.6) is 0 Å². The standard InChI is InChI=1S/C34H44N11O22P3/c1-34(2,3)24(14-8-6-7-9-15(14)45(51)52)65-33(50)64-22-17(63-30(23(22)59-5)44-13-42(4)19-26(44)39-32(36)41-28(19)49)11-61-69(55,56)67-70(57,58)66-68(53,54)60-10-16-20(46)21(47)29(62-16)43-12-37-18-25(43)38-31(35)40-27(18)48/h6-9,12-13,16-17,20-24,29-30,46-47H,10-11H2,1-5H3,(H8-,35,36,38,39,40,41,48,49,53,54,55,56,57,58)/p+1/t16-,17-,20+,21?,22+,23?,24?,29-,30-/m1/s1. The normalized spacial score (nSPS) is 25.9. The molecule has 6 heterocycles. The molecule has 7 rings (SSSR count). The molecular weight excluding hydrogens is 1010 g/mol. The number of carbonyl (C=O) groups excluding carboxylic acids is 1. The summed E-state index contributed by atoms with van der Waals surface area (Å²) in [6.45, 7) is 2.52. The maximum atomic E-state index is 13.7. The third kappa shape index (κ3) is 11.0. The molecule has 0 saturated carbocycles. The second kappa shape index (κ2) is 19.5. The number of phosphoric ester groups is 2. The molecule has 0 amide bonds. The van der Waals surface area contributed by atoms with Crippen LogP contribution in [0, 0.1) is 15.5 Å². The van der Waals surface area contributed by atoms with E-state index in [1.165, 1.54) is 46.8 Å². The number of fused-ring (bicyclic) bond motifs is 2. The number of ether oxygens (including phenoxy) is 5. The fourth-order valence-electron chi connectivity index (χ4n) is 7.62. The zero-order chi connectivity index (χ0) is 51.4. The average molecular weight is 1050 g/mol. The van der Waals surface area contributed by atoms with Crippen LogP contribution in [-0.4, -0.2) is 127 Å². The number of para-hydroxylation sites is 1. The van der Waals surface area contributed by atoms with Gasteiger partial charge in [0.2, 0.25) is 17.7 Å². The molecule has 12 atom stereocenters. The monoisotopic (exact) mass is 1050 g/mol. The number of carbonyl (C=O) groups is 1. The summed E-state index contributed by atoms with van der Waals surface area (Å²) in [4.78, 5) is 97.8. The molecule has 5 aromatic rings. The number of aryl methyl sites for hydroxylation is 1. The number of benzene rings is 1. The van der Waals surface area contributed by atoms with Crippen molar-refractivity contribution < 1.29 is 94.2 Å². The van der Waals surface area contributed by atoms with E-state index in [2.05, 4.69) is 38.1 Å². The van der Waals surface area contributed by atoms with Crippen LogP contribution < -0.4 is 27.2 Å². The minimum Gasteiger partial charge on any atom is -0.425 e. The summed E-state index contributed by atoms with van der Waals surface area (Å²) in [6.07, 6.45) is -13.7. The molecule has 36 heteroatoms. The Morgan fingerprint density at radius 2 is 1.56 bits per heavy atom. The van der Waals surface area contributed by atoms with Crippen LogP contribution in [0.3, 0.4) is 0 Å². The molecule has 2 saturated heterocycles. The third-order valence-electron chi connectivity index (χ3n) is 10.5. The summed E-state index contributed by atoms with van der Waals surface area (Å²) >= 11 is 0. The van der Waals surface area contributed by atoms with Crippen molar-refractivity contribution in [2.24, 2.45) is 12.5 Å². The van der Waals surface area contributed by atoms with Crippen LogP contribution >= 0.6 is 23.5 Å². The Hall–Kier alpha value is -5.60. The van der Waals surface area contributed by atoms with Crippen LogP contribution in [0.25, 0.3) is 22.3 Å². The van der Waals surface area contributed by atoms with Gasteiger partial charge in [0.15, 0.2) is 35.9 Å². The van der Waals surface area contributed by atoms with E-state index in [1.54, 1.807) is 20.8 Å². The number of H-pyrrole nitrogens is 2. The molecule has 0 bridgehead atoms. The summed E-state index contributed by atoms with van der Waals surface area (Å²) in [5, 5.41) is 33.2. The van der Waals surface area contributed by atoms with Gasteiger partial charge in [-0.2, -0.15) is 13.6 Å². The molecule has 6 unspecified atom stereocenters. The van der Waals surface area contributed by atoms with Gasteiger partial charge in [-0.25, -0.2) is 28.0 Å². The quantitative estimate of drug-likeness (QED) is 0.0194. The number of hydrogen-bond acceptors (Lipinski definition) is 24. The van der Waals surface area contributed by atoms with Gasteiger partial charge in [-0.1, -0.05) is 37.9 Å². The number of nitrogen functional groups attached to an aromatic ring is 2. The number of nitro groups is 1. The maximum Gasteiger partial charge on any atom is 0.509 e. The number of nitro benzene ring substituents is 1. The highest BCUT2D eigenvalue weighted by atomic mass is 31.3. The first-order chi connectivity index (χ1) is 32.6. The number of rotatable bonds is 17. The van der Waals surface area contributed by atoms with Crippen molar-refractivity contribution in [1.29, 1.82) is 0 Å². The van der Waals surface area contributed by atoms with Gasteiger partial charge in [-0.3, -0.25) is 47.9 Å². The van der Waals surface area contributed by atoms with Gasteiger partial charge in [0, 0.05) is 18.6 Å². The Morgan fingerprint density at radius 1 is 0.943 bits per heavy atom. The smallest absolute Gasteiger partial charge is 0.425 e. The van der Waals surface area contributed by atoms with Gasteiger partial charge in [0.1, 0.15) is 30.5 Å². The molecule has 4 aromatic heterocycles. The van der Waals surface area contributed by atoms with Crippen molar-refractivity contribution in [3.63, 3.8) is 0 Å². The summed E-state index contributed by atoms with van der Waals surface area (Å²) in [6, 6.07) is 5.45. The van der Waals surface area contributed by atoms with Crippen LogP contribution in [0.1, 0.15) is 44.9 Å². The maximum absolute atomic E-state index is 13.7. The first-order valence-corrected chi connectivity index (χ1v) is 24.6. The molecule has 11 N–H and O–H groups in total. The van der Waals surface area contributed by atoms with Gasteiger partial charge >= 0.3 is 35.3 Å². The number of hydrogen-bond donors (Lipinski definition) is 9. The first kappa shape index (κ1) is 52.2. The van der Waals surface area contributed by atoms with Gasteiger partial charge in [-0.15, -0.1) is 0 Å². The van der Waals surface area contributed by atoms with E-state index in [-0.39, 0.29) is 45.5 Å². The zero-order valence-corrected chi connectivity index (χ0v) is 39.6. The lowest BCUT2D eigenvalue weighted by atomic mass is 9.84.